The molecule has 9 heteroatoms. The molecule has 4 rings (SSSR count). The molecule has 2 aromatic rings. The van der Waals surface area contributed by atoms with E-state index in [-0.39, 0.29) is 12.3 Å². The predicted octanol–water partition coefficient (Wildman–Crippen LogP) is 4.62. The molecule has 0 amide bonds. The van der Waals surface area contributed by atoms with E-state index in [0.717, 1.165) is 5.17 Å². The number of furan rings is 1. The molecule has 2 aliphatic heterocycles. The van der Waals surface area contributed by atoms with Crippen LogP contribution in [-0.4, -0.2) is 27.6 Å². The number of thioether (sulfide) groups is 1. The number of rotatable bonds is 5. The van der Waals surface area contributed by atoms with Crippen LogP contribution in [0.3, 0.4) is 0 Å². The summed E-state index contributed by atoms with van der Waals surface area (Å²) >= 11 is 1.44. The van der Waals surface area contributed by atoms with Crippen LogP contribution in [0.4, 0.5) is 5.69 Å². The van der Waals surface area contributed by atoms with Crippen molar-refractivity contribution in [2.45, 2.75) is 19.9 Å². The second kappa shape index (κ2) is 7.59. The molecule has 1 aromatic heterocycles. The molecular formula is C20H17N3O5S. The number of amidine groups is 1. The average molecular weight is 411 g/mol. The Bertz CT molecular complexity index is 1090. The quantitative estimate of drug-likeness (QED) is 0.402. The largest absolute Gasteiger partial charge is 0.463 e. The van der Waals surface area contributed by atoms with Gasteiger partial charge in [-0.1, -0.05) is 23.9 Å². The van der Waals surface area contributed by atoms with Gasteiger partial charge in [0.1, 0.15) is 17.6 Å². The van der Waals surface area contributed by atoms with Crippen molar-refractivity contribution in [3.05, 3.63) is 75.2 Å². The Morgan fingerprint density at radius 1 is 1.34 bits per heavy atom. The van der Waals surface area contributed by atoms with E-state index < -0.39 is 16.9 Å². The zero-order valence-corrected chi connectivity index (χ0v) is 16.5. The van der Waals surface area contributed by atoms with E-state index in [1.54, 1.807) is 44.2 Å². The van der Waals surface area contributed by atoms with Crippen molar-refractivity contribution in [1.29, 1.82) is 0 Å². The fraction of sp³-hybridized carbons (Fsp3) is 0.200. The molecule has 0 fully saturated rings. The summed E-state index contributed by atoms with van der Waals surface area (Å²) in [4.78, 5) is 29.9. The van der Waals surface area contributed by atoms with Crippen molar-refractivity contribution in [1.82, 2.24) is 4.90 Å². The molecule has 8 nitrogen and oxygen atoms in total. The standard InChI is InChI=1S/C20H17N3O5S/c1-3-27-19(24)17-12(2)21-20-22(10-11-29-20)18(17)16-9-8-15(28-16)13-6-4-5-7-14(13)23(25)26/h4-11,18H,3H2,1-2H3. The van der Waals surface area contributed by atoms with Gasteiger partial charge in [0.2, 0.25) is 0 Å². The Morgan fingerprint density at radius 3 is 2.90 bits per heavy atom. The molecule has 1 unspecified atom stereocenters. The second-order valence-corrected chi connectivity index (χ2v) is 7.18. The molecule has 148 valence electrons. The van der Waals surface area contributed by atoms with E-state index in [2.05, 4.69) is 4.99 Å². The molecule has 0 bridgehead atoms. The highest BCUT2D eigenvalue weighted by Gasteiger charge is 2.39. The molecule has 0 saturated heterocycles. The summed E-state index contributed by atoms with van der Waals surface area (Å²) in [5, 5.41) is 14.0. The lowest BCUT2D eigenvalue weighted by Crippen LogP contribution is -2.33. The van der Waals surface area contributed by atoms with Crippen molar-refractivity contribution in [2.24, 2.45) is 4.99 Å². The van der Waals surface area contributed by atoms with Crippen LogP contribution in [0.1, 0.15) is 25.6 Å². The first-order valence-electron chi connectivity index (χ1n) is 8.93. The molecule has 0 aliphatic carbocycles. The molecule has 0 radical (unpaired) electrons. The number of allylic oxidation sites excluding steroid dienone is 1. The smallest absolute Gasteiger partial charge is 0.338 e. The van der Waals surface area contributed by atoms with Gasteiger partial charge < -0.3 is 14.1 Å². The fourth-order valence-electron chi connectivity index (χ4n) is 3.34. The van der Waals surface area contributed by atoms with Crippen LogP contribution in [0.15, 0.2) is 68.7 Å². The number of fused-ring (bicyclic) bond motifs is 1. The maximum atomic E-state index is 12.7. The molecule has 2 aliphatic rings. The van der Waals surface area contributed by atoms with Crippen molar-refractivity contribution in [3.8, 4) is 11.3 Å². The van der Waals surface area contributed by atoms with Crippen LogP contribution < -0.4 is 0 Å². The number of hydrogen-bond donors (Lipinski definition) is 0. The normalized spacial score (nSPS) is 17.9. The Labute approximate surface area is 170 Å². The molecular weight excluding hydrogens is 394 g/mol. The number of aliphatic imine (C=N–C) groups is 1. The molecule has 0 saturated carbocycles. The van der Waals surface area contributed by atoms with Crippen LogP contribution in [0.2, 0.25) is 0 Å². The Balaban J connectivity index is 1.79. The molecule has 1 atom stereocenters. The fourth-order valence-corrected chi connectivity index (χ4v) is 4.13. The SMILES string of the molecule is CCOC(=O)C1=C(C)N=C2SC=CN2C1c1ccc(-c2ccccc2[N+](=O)[O-])o1. The third kappa shape index (κ3) is 3.33. The number of nitrogens with zero attached hydrogens (tertiary/aromatic N) is 3. The van der Waals surface area contributed by atoms with Gasteiger partial charge in [0.05, 0.1) is 28.4 Å². The predicted molar refractivity (Wildman–Crippen MR) is 109 cm³/mol. The Hall–Kier alpha value is -3.33. The van der Waals surface area contributed by atoms with E-state index in [4.69, 9.17) is 9.15 Å². The summed E-state index contributed by atoms with van der Waals surface area (Å²) in [6.45, 7) is 3.74. The third-order valence-electron chi connectivity index (χ3n) is 4.58. The van der Waals surface area contributed by atoms with Crippen LogP contribution >= 0.6 is 11.8 Å². The minimum absolute atomic E-state index is 0.0479. The van der Waals surface area contributed by atoms with Gasteiger partial charge in [-0.05, 0) is 37.5 Å². The minimum atomic E-state index is -0.565. The maximum Gasteiger partial charge on any atom is 0.338 e. The monoisotopic (exact) mass is 411 g/mol. The molecule has 29 heavy (non-hydrogen) atoms. The van der Waals surface area contributed by atoms with Gasteiger partial charge in [0.25, 0.3) is 5.69 Å². The average Bonchev–Trinajstić information content (AvgIpc) is 3.36. The first-order chi connectivity index (χ1) is 14.0. The Kier molecular flexibility index (Phi) is 4.98. The number of carbonyl (C=O) groups excluding carboxylic acids is 1. The number of nitro groups is 1. The van der Waals surface area contributed by atoms with E-state index in [1.165, 1.54) is 17.8 Å². The van der Waals surface area contributed by atoms with Crippen LogP contribution in [0.25, 0.3) is 11.3 Å². The lowest BCUT2D eigenvalue weighted by Gasteiger charge is -2.31. The zero-order valence-electron chi connectivity index (χ0n) is 15.7. The summed E-state index contributed by atoms with van der Waals surface area (Å²) in [6, 6.07) is 9.21. The van der Waals surface area contributed by atoms with Gasteiger partial charge in [-0.25, -0.2) is 9.79 Å². The first-order valence-corrected chi connectivity index (χ1v) is 9.81. The molecule has 0 spiro atoms. The molecule has 1 aromatic carbocycles. The summed E-state index contributed by atoms with van der Waals surface area (Å²) in [7, 11) is 0. The van der Waals surface area contributed by atoms with Crippen molar-refractivity contribution >= 4 is 28.6 Å². The highest BCUT2D eigenvalue weighted by molar-refractivity contribution is 8.16. The maximum absolute atomic E-state index is 12.7. The summed E-state index contributed by atoms with van der Waals surface area (Å²) in [5.41, 5.74) is 1.26. The van der Waals surface area contributed by atoms with Crippen LogP contribution in [-0.2, 0) is 9.53 Å². The number of para-hydroxylation sites is 1. The van der Waals surface area contributed by atoms with E-state index in [9.17, 15) is 14.9 Å². The molecule has 3 heterocycles. The van der Waals surface area contributed by atoms with Gasteiger partial charge in [-0.3, -0.25) is 10.1 Å². The van der Waals surface area contributed by atoms with E-state index >= 15 is 0 Å². The van der Waals surface area contributed by atoms with Gasteiger partial charge >= 0.3 is 5.97 Å². The van der Waals surface area contributed by atoms with Gasteiger partial charge in [-0.2, -0.15) is 0 Å². The topological polar surface area (TPSA) is 98.2 Å². The highest BCUT2D eigenvalue weighted by atomic mass is 32.2. The van der Waals surface area contributed by atoms with Gasteiger partial charge in [0, 0.05) is 12.3 Å². The van der Waals surface area contributed by atoms with Crippen LogP contribution in [0, 0.1) is 10.1 Å². The number of ether oxygens (including phenoxy) is 1. The summed E-state index contributed by atoms with van der Waals surface area (Å²) < 4.78 is 11.3. The third-order valence-corrected chi connectivity index (χ3v) is 5.35. The van der Waals surface area contributed by atoms with E-state index in [0.29, 0.717) is 28.4 Å². The van der Waals surface area contributed by atoms with Crippen molar-refractivity contribution in [3.63, 3.8) is 0 Å². The molecule has 0 N–H and O–H groups in total. The van der Waals surface area contributed by atoms with E-state index in [1.807, 2.05) is 16.5 Å². The second-order valence-electron chi connectivity index (χ2n) is 6.30. The minimum Gasteiger partial charge on any atom is -0.463 e. The lowest BCUT2D eigenvalue weighted by molar-refractivity contribution is -0.384. The van der Waals surface area contributed by atoms with Crippen LogP contribution in [0.5, 0.6) is 0 Å². The Morgan fingerprint density at radius 2 is 2.14 bits per heavy atom. The van der Waals surface area contributed by atoms with Gasteiger partial charge in [-0.15, -0.1) is 0 Å². The van der Waals surface area contributed by atoms with Gasteiger partial charge in [0.15, 0.2) is 5.17 Å². The summed E-state index contributed by atoms with van der Waals surface area (Å²) in [6.07, 6.45) is 1.83. The number of carbonyl (C=O) groups is 1. The van der Waals surface area contributed by atoms with Crippen molar-refractivity contribution in [2.75, 3.05) is 6.61 Å². The first kappa shape index (κ1) is 19.0. The highest BCUT2D eigenvalue weighted by Crippen LogP contribution is 2.43. The summed E-state index contributed by atoms with van der Waals surface area (Å²) in [5.74, 6) is 0.361. The lowest BCUT2D eigenvalue weighted by atomic mass is 10.0. The van der Waals surface area contributed by atoms with Crippen molar-refractivity contribution < 1.29 is 18.9 Å². The number of esters is 1. The number of nitro benzene ring substituents is 1. The number of hydrogen-bond acceptors (Lipinski definition) is 8. The zero-order chi connectivity index (χ0) is 20.5. The number of benzene rings is 1.